The monoisotopic (exact) mass is 420 g/mol. The molecule has 1 atom stereocenters. The summed E-state index contributed by atoms with van der Waals surface area (Å²) in [6.45, 7) is 8.56. The van der Waals surface area contributed by atoms with E-state index < -0.39 is 10.0 Å². The first kappa shape index (κ1) is 21.9. The fourth-order valence-electron chi connectivity index (χ4n) is 3.74. The highest BCUT2D eigenvalue weighted by atomic mass is 32.2. The minimum atomic E-state index is -3.61. The minimum Gasteiger partial charge on any atom is -0.339 e. The van der Waals surface area contributed by atoms with Crippen molar-refractivity contribution in [1.29, 1.82) is 0 Å². The summed E-state index contributed by atoms with van der Waals surface area (Å²) in [7, 11) is -3.61. The molecule has 1 N–H and O–H groups in total. The van der Waals surface area contributed by atoms with E-state index in [-0.39, 0.29) is 4.90 Å². The van der Waals surface area contributed by atoms with Crippen LogP contribution in [0.2, 0.25) is 0 Å². The van der Waals surface area contributed by atoms with Gasteiger partial charge in [0.25, 0.3) is 0 Å². The van der Waals surface area contributed by atoms with Crippen LogP contribution in [0.15, 0.2) is 27.6 Å². The van der Waals surface area contributed by atoms with Gasteiger partial charge >= 0.3 is 0 Å². The second-order valence-corrected chi connectivity index (χ2v) is 9.57. The first-order chi connectivity index (χ1) is 13.9. The van der Waals surface area contributed by atoms with Crippen LogP contribution in [-0.2, 0) is 16.4 Å². The molecule has 2 heterocycles. The molecular formula is C21H32N4O3S. The number of benzene rings is 1. The molecule has 7 nitrogen and oxygen atoms in total. The molecule has 29 heavy (non-hydrogen) atoms. The van der Waals surface area contributed by atoms with Crippen molar-refractivity contribution in [1.82, 2.24) is 19.8 Å². The molecule has 0 amide bonds. The molecule has 1 aliphatic heterocycles. The zero-order valence-electron chi connectivity index (χ0n) is 17.6. The maximum absolute atomic E-state index is 12.9. The topological polar surface area (TPSA) is 88.3 Å². The fraction of sp³-hybridized carbons (Fsp3) is 0.619. The Morgan fingerprint density at radius 1 is 1.21 bits per heavy atom. The molecule has 1 aliphatic rings. The third kappa shape index (κ3) is 5.65. The van der Waals surface area contributed by atoms with Crippen LogP contribution >= 0.6 is 0 Å². The van der Waals surface area contributed by atoms with E-state index in [1.54, 1.807) is 19.1 Å². The Morgan fingerprint density at radius 3 is 2.59 bits per heavy atom. The van der Waals surface area contributed by atoms with Gasteiger partial charge in [-0.1, -0.05) is 37.1 Å². The number of likely N-dealkylation sites (tertiary alicyclic amines) is 1. The third-order valence-corrected chi connectivity index (χ3v) is 7.23. The standard InChI is InChI=1S/C21H32N4O3S/c1-4-20-23-21(24-28-20)18-10-9-16(2)19(15-18)29(26,27)22-12-11-17(3)25-13-7-5-6-8-14-25/h9-10,15,17,22H,4-8,11-14H2,1-3H3/t17-/m0/s1. The zero-order chi connectivity index (χ0) is 20.9. The number of hydrogen-bond acceptors (Lipinski definition) is 6. The predicted molar refractivity (Wildman–Crippen MR) is 113 cm³/mol. The summed E-state index contributed by atoms with van der Waals surface area (Å²) in [5.41, 5.74) is 1.33. The molecule has 0 radical (unpaired) electrons. The van der Waals surface area contributed by atoms with Crippen molar-refractivity contribution >= 4 is 10.0 Å². The zero-order valence-corrected chi connectivity index (χ0v) is 18.5. The Morgan fingerprint density at radius 2 is 1.93 bits per heavy atom. The van der Waals surface area contributed by atoms with Gasteiger partial charge in [0.05, 0.1) is 4.90 Å². The van der Waals surface area contributed by atoms with E-state index in [9.17, 15) is 8.42 Å². The van der Waals surface area contributed by atoms with Gasteiger partial charge in [-0.2, -0.15) is 4.98 Å². The number of sulfonamides is 1. The number of rotatable bonds is 8. The van der Waals surface area contributed by atoms with Crippen molar-refractivity contribution in [2.45, 2.75) is 70.2 Å². The lowest BCUT2D eigenvalue weighted by Gasteiger charge is -2.27. The van der Waals surface area contributed by atoms with E-state index in [2.05, 4.69) is 26.7 Å². The number of nitrogens with one attached hydrogen (secondary N) is 1. The molecule has 1 saturated heterocycles. The van der Waals surface area contributed by atoms with E-state index in [0.717, 1.165) is 19.5 Å². The first-order valence-electron chi connectivity index (χ1n) is 10.6. The summed E-state index contributed by atoms with van der Waals surface area (Å²) in [5.74, 6) is 0.943. The molecule has 3 rings (SSSR count). The number of aromatic nitrogens is 2. The van der Waals surface area contributed by atoms with Gasteiger partial charge in [-0.05, 0) is 57.8 Å². The molecule has 1 fully saturated rings. The van der Waals surface area contributed by atoms with Crippen molar-refractivity contribution < 1.29 is 12.9 Å². The van der Waals surface area contributed by atoms with Gasteiger partial charge < -0.3 is 9.42 Å². The molecule has 8 heteroatoms. The van der Waals surface area contributed by atoms with E-state index in [1.165, 1.54) is 25.7 Å². The van der Waals surface area contributed by atoms with Gasteiger partial charge in [0.15, 0.2) is 0 Å². The molecular weight excluding hydrogens is 388 g/mol. The average molecular weight is 421 g/mol. The largest absolute Gasteiger partial charge is 0.339 e. The molecule has 0 saturated carbocycles. The predicted octanol–water partition coefficient (Wildman–Crippen LogP) is 3.54. The van der Waals surface area contributed by atoms with E-state index in [4.69, 9.17) is 4.52 Å². The molecule has 2 aromatic rings. The van der Waals surface area contributed by atoms with Crippen LogP contribution in [0.1, 0.15) is 57.4 Å². The minimum absolute atomic E-state index is 0.264. The Hall–Kier alpha value is -1.77. The lowest BCUT2D eigenvalue weighted by atomic mass is 10.1. The summed E-state index contributed by atoms with van der Waals surface area (Å²) >= 11 is 0. The van der Waals surface area contributed by atoms with Crippen molar-refractivity contribution in [3.05, 3.63) is 29.7 Å². The smallest absolute Gasteiger partial charge is 0.240 e. The maximum atomic E-state index is 12.9. The van der Waals surface area contributed by atoms with Crippen LogP contribution in [-0.4, -0.2) is 49.1 Å². The summed E-state index contributed by atoms with van der Waals surface area (Å²) in [6, 6.07) is 5.60. The maximum Gasteiger partial charge on any atom is 0.240 e. The molecule has 160 valence electrons. The molecule has 0 bridgehead atoms. The van der Waals surface area contributed by atoms with E-state index >= 15 is 0 Å². The van der Waals surface area contributed by atoms with Crippen LogP contribution in [0.4, 0.5) is 0 Å². The van der Waals surface area contributed by atoms with Gasteiger partial charge in [-0.25, -0.2) is 13.1 Å². The summed E-state index contributed by atoms with van der Waals surface area (Å²) < 4.78 is 33.8. The molecule has 0 unspecified atom stereocenters. The highest BCUT2D eigenvalue weighted by Crippen LogP contribution is 2.23. The van der Waals surface area contributed by atoms with Crippen molar-refractivity contribution in [3.63, 3.8) is 0 Å². The highest BCUT2D eigenvalue weighted by molar-refractivity contribution is 7.89. The fourth-order valence-corrected chi connectivity index (χ4v) is 5.06. The first-order valence-corrected chi connectivity index (χ1v) is 12.1. The van der Waals surface area contributed by atoms with Crippen LogP contribution in [0.25, 0.3) is 11.4 Å². The van der Waals surface area contributed by atoms with Gasteiger partial charge in [0.2, 0.25) is 21.7 Å². The van der Waals surface area contributed by atoms with Gasteiger partial charge in [-0.15, -0.1) is 0 Å². The van der Waals surface area contributed by atoms with Crippen LogP contribution in [0.3, 0.4) is 0 Å². The number of hydrogen-bond donors (Lipinski definition) is 1. The number of aryl methyl sites for hydroxylation is 2. The normalized spacial score (nSPS) is 17.2. The van der Waals surface area contributed by atoms with Crippen LogP contribution in [0.5, 0.6) is 0 Å². The van der Waals surface area contributed by atoms with E-state index in [0.29, 0.717) is 41.8 Å². The molecule has 0 aliphatic carbocycles. The third-order valence-electron chi connectivity index (χ3n) is 5.62. The highest BCUT2D eigenvalue weighted by Gasteiger charge is 2.21. The summed E-state index contributed by atoms with van der Waals surface area (Å²) in [4.78, 5) is 7.04. The van der Waals surface area contributed by atoms with Gasteiger partial charge in [-0.3, -0.25) is 0 Å². The number of nitrogens with zero attached hydrogens (tertiary/aromatic N) is 3. The lowest BCUT2D eigenvalue weighted by Crippen LogP contribution is -2.37. The Kier molecular flexibility index (Phi) is 7.43. The second-order valence-electron chi connectivity index (χ2n) is 7.83. The Bertz CT molecular complexity index is 902. The quantitative estimate of drug-likeness (QED) is 0.703. The van der Waals surface area contributed by atoms with Crippen LogP contribution < -0.4 is 4.72 Å². The SMILES string of the molecule is CCc1nc(-c2ccc(C)c(S(=O)(=O)NCC[C@H](C)N3CCCCCC3)c2)no1. The van der Waals surface area contributed by atoms with Crippen LogP contribution in [0, 0.1) is 6.92 Å². The van der Waals surface area contributed by atoms with Crippen molar-refractivity contribution in [2.75, 3.05) is 19.6 Å². The van der Waals surface area contributed by atoms with Crippen molar-refractivity contribution in [3.8, 4) is 11.4 Å². The molecule has 0 spiro atoms. The van der Waals surface area contributed by atoms with E-state index in [1.807, 2.05) is 13.0 Å². The average Bonchev–Trinajstić information content (AvgIpc) is 3.01. The summed E-state index contributed by atoms with van der Waals surface area (Å²) in [5, 5.41) is 3.95. The summed E-state index contributed by atoms with van der Waals surface area (Å²) in [6.07, 6.45) is 6.50. The second kappa shape index (κ2) is 9.82. The van der Waals surface area contributed by atoms with Gasteiger partial charge in [0.1, 0.15) is 0 Å². The van der Waals surface area contributed by atoms with Gasteiger partial charge in [0, 0.05) is 24.6 Å². The van der Waals surface area contributed by atoms with Crippen molar-refractivity contribution in [2.24, 2.45) is 0 Å². The lowest BCUT2D eigenvalue weighted by molar-refractivity contribution is 0.208. The molecule has 1 aromatic heterocycles. The Balaban J connectivity index is 1.66. The molecule has 1 aromatic carbocycles. The Labute approximate surface area is 173 Å².